The molecule has 0 unspecified atom stereocenters. The Bertz CT molecular complexity index is 598. The molecule has 0 spiro atoms. The van der Waals surface area contributed by atoms with Gasteiger partial charge < -0.3 is 20.3 Å². The zero-order chi connectivity index (χ0) is 13.8. The van der Waals surface area contributed by atoms with E-state index in [1.54, 1.807) is 6.92 Å². The molecule has 0 aliphatic carbocycles. The molecule has 100 valence electrons. The number of anilines is 3. The minimum Gasteiger partial charge on any atom is -0.462 e. The molecular weight excluding hydrogens is 314 g/mol. The van der Waals surface area contributed by atoms with Crippen molar-refractivity contribution < 1.29 is 14.1 Å². The van der Waals surface area contributed by atoms with Crippen LogP contribution in [0.5, 0.6) is 0 Å². The van der Waals surface area contributed by atoms with Crippen LogP contribution in [-0.2, 0) is 4.74 Å². The van der Waals surface area contributed by atoms with Crippen LogP contribution in [0, 0.1) is 0 Å². The third-order valence-electron chi connectivity index (χ3n) is 2.32. The molecule has 7 heteroatoms. The number of carbonyl (C=O) groups is 1. The van der Waals surface area contributed by atoms with Crippen LogP contribution in [0.15, 0.2) is 33.3 Å². The third-order valence-corrected chi connectivity index (χ3v) is 3.02. The second-order valence-corrected chi connectivity index (χ2v) is 4.45. The Morgan fingerprint density at radius 1 is 1.53 bits per heavy atom. The van der Waals surface area contributed by atoms with Crippen molar-refractivity contribution in [3.8, 4) is 0 Å². The Kier molecular flexibility index (Phi) is 4.06. The molecule has 0 fully saturated rings. The highest BCUT2D eigenvalue weighted by Gasteiger charge is 2.23. The van der Waals surface area contributed by atoms with Crippen molar-refractivity contribution in [3.05, 3.63) is 34.3 Å². The Balaban J connectivity index is 2.31. The number of benzene rings is 1. The fraction of sp³-hybridized carbons (Fsp3) is 0.167. The molecule has 0 saturated carbocycles. The molecule has 6 nitrogen and oxygen atoms in total. The largest absolute Gasteiger partial charge is 0.462 e. The van der Waals surface area contributed by atoms with Gasteiger partial charge in [-0.2, -0.15) is 0 Å². The first-order valence-electron chi connectivity index (χ1n) is 5.57. The summed E-state index contributed by atoms with van der Waals surface area (Å²) in [6.07, 6.45) is 0. The normalized spacial score (nSPS) is 10.2. The fourth-order valence-electron chi connectivity index (χ4n) is 1.48. The van der Waals surface area contributed by atoms with Crippen molar-refractivity contribution in [1.82, 2.24) is 5.16 Å². The summed E-state index contributed by atoms with van der Waals surface area (Å²) >= 11 is 3.38. The van der Waals surface area contributed by atoms with Crippen molar-refractivity contribution in [2.45, 2.75) is 6.92 Å². The van der Waals surface area contributed by atoms with Gasteiger partial charge in [-0.1, -0.05) is 17.3 Å². The molecule has 3 N–H and O–H groups in total. The van der Waals surface area contributed by atoms with Crippen molar-refractivity contribution in [2.24, 2.45) is 0 Å². The highest BCUT2D eigenvalue weighted by Crippen LogP contribution is 2.29. The van der Waals surface area contributed by atoms with E-state index in [1.807, 2.05) is 24.3 Å². The highest BCUT2D eigenvalue weighted by molar-refractivity contribution is 9.10. The Morgan fingerprint density at radius 3 is 2.95 bits per heavy atom. The molecule has 0 radical (unpaired) electrons. The third kappa shape index (κ3) is 2.87. The van der Waals surface area contributed by atoms with E-state index in [0.29, 0.717) is 0 Å². The van der Waals surface area contributed by atoms with Gasteiger partial charge in [0.1, 0.15) is 0 Å². The molecule has 2 aromatic rings. The van der Waals surface area contributed by atoms with Crippen LogP contribution in [-0.4, -0.2) is 17.7 Å². The number of ether oxygens (including phenoxy) is 1. The lowest BCUT2D eigenvalue weighted by atomic mass is 10.2. The lowest BCUT2D eigenvalue weighted by molar-refractivity contribution is 0.0528. The molecule has 1 aromatic carbocycles. The number of para-hydroxylation sites is 1. The summed E-state index contributed by atoms with van der Waals surface area (Å²) in [6.45, 7) is 1.96. The number of hydrogen-bond acceptors (Lipinski definition) is 6. The van der Waals surface area contributed by atoms with Gasteiger partial charge in [0, 0.05) is 4.47 Å². The standard InChI is InChI=1S/C12H12BrN3O3/c1-2-18-12(17)9-10(14)19-16-11(9)15-8-6-4-3-5-7(8)13/h3-6H,2,14H2,1H3,(H,15,16). The van der Waals surface area contributed by atoms with Crippen LogP contribution in [0.4, 0.5) is 17.4 Å². The lowest BCUT2D eigenvalue weighted by Crippen LogP contribution is -2.08. The van der Waals surface area contributed by atoms with Crippen LogP contribution in [0.2, 0.25) is 0 Å². The summed E-state index contributed by atoms with van der Waals surface area (Å²) in [6, 6.07) is 7.40. The summed E-state index contributed by atoms with van der Waals surface area (Å²) in [5, 5.41) is 6.69. The van der Waals surface area contributed by atoms with E-state index in [2.05, 4.69) is 26.4 Å². The summed E-state index contributed by atoms with van der Waals surface area (Å²) < 4.78 is 10.6. The van der Waals surface area contributed by atoms with Crippen LogP contribution < -0.4 is 11.1 Å². The zero-order valence-corrected chi connectivity index (χ0v) is 11.7. The van der Waals surface area contributed by atoms with E-state index in [1.165, 1.54) is 0 Å². The van der Waals surface area contributed by atoms with Gasteiger partial charge in [0.15, 0.2) is 11.4 Å². The Labute approximate surface area is 118 Å². The molecule has 0 aliphatic rings. The van der Waals surface area contributed by atoms with Gasteiger partial charge in [-0.3, -0.25) is 0 Å². The van der Waals surface area contributed by atoms with Gasteiger partial charge >= 0.3 is 5.97 Å². The number of nitrogen functional groups attached to an aromatic ring is 1. The smallest absolute Gasteiger partial charge is 0.347 e. The molecule has 0 atom stereocenters. The van der Waals surface area contributed by atoms with Crippen molar-refractivity contribution >= 4 is 39.3 Å². The molecular formula is C12H12BrN3O3. The number of esters is 1. The molecule has 0 aliphatic heterocycles. The predicted molar refractivity (Wildman–Crippen MR) is 74.3 cm³/mol. The molecule has 1 aromatic heterocycles. The highest BCUT2D eigenvalue weighted by atomic mass is 79.9. The van der Waals surface area contributed by atoms with Crippen LogP contribution in [0.3, 0.4) is 0 Å². The summed E-state index contributed by atoms with van der Waals surface area (Å²) in [5.74, 6) is -0.424. The first-order chi connectivity index (χ1) is 9.13. The zero-order valence-electron chi connectivity index (χ0n) is 10.1. The first-order valence-corrected chi connectivity index (χ1v) is 6.36. The van der Waals surface area contributed by atoms with Crippen LogP contribution in [0.1, 0.15) is 17.3 Å². The van der Waals surface area contributed by atoms with Gasteiger partial charge in [-0.05, 0) is 35.0 Å². The number of hydrogen-bond donors (Lipinski definition) is 2. The maximum atomic E-state index is 11.8. The van der Waals surface area contributed by atoms with Gasteiger partial charge in [0.2, 0.25) is 5.88 Å². The quantitative estimate of drug-likeness (QED) is 0.840. The number of carbonyl (C=O) groups excluding carboxylic acids is 1. The van der Waals surface area contributed by atoms with Crippen molar-refractivity contribution in [1.29, 1.82) is 0 Å². The van der Waals surface area contributed by atoms with E-state index < -0.39 is 5.97 Å². The monoisotopic (exact) mass is 325 g/mol. The number of halogens is 1. The summed E-state index contributed by atoms with van der Waals surface area (Å²) in [4.78, 5) is 11.8. The van der Waals surface area contributed by atoms with E-state index in [4.69, 9.17) is 15.0 Å². The number of nitrogens with two attached hydrogens (primary N) is 1. The minimum atomic E-state index is -0.573. The van der Waals surface area contributed by atoms with E-state index >= 15 is 0 Å². The minimum absolute atomic E-state index is 0.0759. The van der Waals surface area contributed by atoms with Crippen molar-refractivity contribution in [2.75, 3.05) is 17.7 Å². The molecule has 2 rings (SSSR count). The van der Waals surface area contributed by atoms with Gasteiger partial charge in [0.25, 0.3) is 0 Å². The number of aromatic nitrogens is 1. The van der Waals surface area contributed by atoms with E-state index in [9.17, 15) is 4.79 Å². The summed E-state index contributed by atoms with van der Waals surface area (Å²) in [5.41, 5.74) is 6.41. The predicted octanol–water partition coefficient (Wildman–Crippen LogP) is 2.94. The molecule has 19 heavy (non-hydrogen) atoms. The van der Waals surface area contributed by atoms with Gasteiger partial charge in [-0.15, -0.1) is 0 Å². The summed E-state index contributed by atoms with van der Waals surface area (Å²) in [7, 11) is 0. The average molecular weight is 326 g/mol. The van der Waals surface area contributed by atoms with E-state index in [-0.39, 0.29) is 23.9 Å². The molecule has 0 amide bonds. The SMILES string of the molecule is CCOC(=O)c1c(Nc2ccccc2Br)noc1N. The van der Waals surface area contributed by atoms with Crippen molar-refractivity contribution in [3.63, 3.8) is 0 Å². The van der Waals surface area contributed by atoms with Crippen LogP contribution >= 0.6 is 15.9 Å². The molecule has 1 heterocycles. The second kappa shape index (κ2) is 5.75. The van der Waals surface area contributed by atoms with E-state index in [0.717, 1.165) is 10.2 Å². The number of nitrogens with zero attached hydrogens (tertiary/aromatic N) is 1. The second-order valence-electron chi connectivity index (χ2n) is 3.60. The van der Waals surface area contributed by atoms with Gasteiger partial charge in [-0.25, -0.2) is 4.79 Å². The topological polar surface area (TPSA) is 90.4 Å². The first kappa shape index (κ1) is 13.4. The average Bonchev–Trinajstić information content (AvgIpc) is 2.74. The van der Waals surface area contributed by atoms with Crippen LogP contribution in [0.25, 0.3) is 0 Å². The maximum absolute atomic E-state index is 11.8. The fourth-order valence-corrected chi connectivity index (χ4v) is 1.86. The number of rotatable bonds is 4. The lowest BCUT2D eigenvalue weighted by Gasteiger charge is -2.06. The molecule has 0 saturated heterocycles. The number of nitrogens with one attached hydrogen (secondary N) is 1. The maximum Gasteiger partial charge on any atom is 0.347 e. The Hall–Kier alpha value is -2.02. The van der Waals surface area contributed by atoms with Gasteiger partial charge in [0.05, 0.1) is 12.3 Å². The molecule has 0 bridgehead atoms. The Morgan fingerprint density at radius 2 is 2.26 bits per heavy atom.